The van der Waals surface area contributed by atoms with Crippen molar-refractivity contribution in [2.24, 2.45) is 0 Å². The third-order valence-corrected chi connectivity index (χ3v) is 2.74. The number of pyridine rings is 1. The molecular weight excluding hydrogens is 268 g/mol. The van der Waals surface area contributed by atoms with Gasteiger partial charge in [0, 0.05) is 18.3 Å². The summed E-state index contributed by atoms with van der Waals surface area (Å²) in [4.78, 5) is 15.7. The number of rotatable bonds is 3. The molecule has 0 saturated heterocycles. The topological polar surface area (TPSA) is 82.5 Å². The van der Waals surface area contributed by atoms with Crippen LogP contribution in [0.3, 0.4) is 0 Å². The SMILES string of the molecule is O=C(NCc1ccccc1C#CCO)c1cncc(O)c1. The number of benzene rings is 1. The van der Waals surface area contributed by atoms with Crippen LogP contribution in [0.25, 0.3) is 0 Å². The molecule has 1 amide bonds. The summed E-state index contributed by atoms with van der Waals surface area (Å²) in [5.41, 5.74) is 1.88. The summed E-state index contributed by atoms with van der Waals surface area (Å²) in [6, 6.07) is 8.70. The Morgan fingerprint density at radius 3 is 2.86 bits per heavy atom. The van der Waals surface area contributed by atoms with Gasteiger partial charge in [0.1, 0.15) is 12.4 Å². The molecule has 2 aromatic rings. The maximum absolute atomic E-state index is 12.0. The van der Waals surface area contributed by atoms with E-state index in [-0.39, 0.29) is 23.8 Å². The molecule has 1 aromatic carbocycles. The normalized spacial score (nSPS) is 9.57. The van der Waals surface area contributed by atoms with E-state index in [1.165, 1.54) is 18.5 Å². The van der Waals surface area contributed by atoms with Crippen molar-refractivity contribution >= 4 is 5.91 Å². The zero-order valence-electron chi connectivity index (χ0n) is 11.2. The summed E-state index contributed by atoms with van der Waals surface area (Å²) in [7, 11) is 0. The number of nitrogens with one attached hydrogen (secondary N) is 1. The molecule has 0 radical (unpaired) electrons. The number of carbonyl (C=O) groups is 1. The minimum Gasteiger partial charge on any atom is -0.506 e. The number of carbonyl (C=O) groups excluding carboxylic acids is 1. The van der Waals surface area contributed by atoms with E-state index in [0.717, 1.165) is 11.1 Å². The molecule has 0 atom stereocenters. The highest BCUT2D eigenvalue weighted by Gasteiger charge is 2.07. The van der Waals surface area contributed by atoms with Crippen LogP contribution in [0.4, 0.5) is 0 Å². The Labute approximate surface area is 122 Å². The Balaban J connectivity index is 2.08. The maximum Gasteiger partial charge on any atom is 0.253 e. The molecule has 3 N–H and O–H groups in total. The number of hydrogen-bond donors (Lipinski definition) is 3. The van der Waals surface area contributed by atoms with Gasteiger partial charge >= 0.3 is 0 Å². The summed E-state index contributed by atoms with van der Waals surface area (Å²) in [5, 5.41) is 20.8. The maximum atomic E-state index is 12.0. The van der Waals surface area contributed by atoms with Gasteiger partial charge in [-0.05, 0) is 17.7 Å². The van der Waals surface area contributed by atoms with E-state index in [1.807, 2.05) is 24.3 Å². The molecule has 0 unspecified atom stereocenters. The van der Waals surface area contributed by atoms with Crippen molar-refractivity contribution in [3.05, 3.63) is 59.4 Å². The largest absolute Gasteiger partial charge is 0.506 e. The van der Waals surface area contributed by atoms with E-state index < -0.39 is 0 Å². The lowest BCUT2D eigenvalue weighted by Crippen LogP contribution is -2.23. The predicted octanol–water partition coefficient (Wildman–Crippen LogP) is 1.06. The molecule has 2 rings (SSSR count). The van der Waals surface area contributed by atoms with E-state index >= 15 is 0 Å². The average Bonchev–Trinajstić information content (AvgIpc) is 2.51. The molecule has 0 saturated carbocycles. The van der Waals surface area contributed by atoms with Crippen molar-refractivity contribution in [1.29, 1.82) is 0 Å². The molecular formula is C16H14N2O3. The Kier molecular flexibility index (Phi) is 4.91. The summed E-state index contributed by atoms with van der Waals surface area (Å²) < 4.78 is 0. The van der Waals surface area contributed by atoms with Crippen LogP contribution in [0.5, 0.6) is 5.75 Å². The van der Waals surface area contributed by atoms with Crippen LogP contribution in [0.15, 0.2) is 42.7 Å². The summed E-state index contributed by atoms with van der Waals surface area (Å²) in [5.74, 6) is 5.02. The summed E-state index contributed by atoms with van der Waals surface area (Å²) >= 11 is 0. The fraction of sp³-hybridized carbons (Fsp3) is 0.125. The molecule has 0 aliphatic carbocycles. The molecule has 0 fully saturated rings. The summed E-state index contributed by atoms with van der Waals surface area (Å²) in [6.07, 6.45) is 2.64. The quantitative estimate of drug-likeness (QED) is 0.735. The third kappa shape index (κ3) is 4.06. The van der Waals surface area contributed by atoms with E-state index in [2.05, 4.69) is 22.1 Å². The van der Waals surface area contributed by atoms with Crippen LogP contribution in [0, 0.1) is 11.8 Å². The van der Waals surface area contributed by atoms with E-state index in [1.54, 1.807) is 0 Å². The first kappa shape index (κ1) is 14.6. The van der Waals surface area contributed by atoms with Crippen LogP contribution in [-0.2, 0) is 6.54 Å². The molecule has 1 aromatic heterocycles. The van der Waals surface area contributed by atoms with Gasteiger partial charge in [-0.2, -0.15) is 0 Å². The molecule has 106 valence electrons. The van der Waals surface area contributed by atoms with Gasteiger partial charge in [-0.3, -0.25) is 9.78 Å². The zero-order chi connectivity index (χ0) is 15.1. The van der Waals surface area contributed by atoms with Crippen LogP contribution in [0.1, 0.15) is 21.5 Å². The number of hydrogen-bond acceptors (Lipinski definition) is 4. The van der Waals surface area contributed by atoms with Crippen LogP contribution < -0.4 is 5.32 Å². The standard InChI is InChI=1S/C16H14N2O3/c19-7-3-6-12-4-1-2-5-13(12)10-18-16(21)14-8-15(20)11-17-9-14/h1-2,4-5,8-9,11,19-20H,7,10H2,(H,18,21). The van der Waals surface area contributed by atoms with Gasteiger partial charge in [0.2, 0.25) is 0 Å². The second-order valence-corrected chi connectivity index (χ2v) is 4.23. The van der Waals surface area contributed by atoms with E-state index in [9.17, 15) is 9.90 Å². The number of aromatic nitrogens is 1. The molecule has 5 heteroatoms. The van der Waals surface area contributed by atoms with Crippen molar-refractivity contribution < 1.29 is 15.0 Å². The van der Waals surface area contributed by atoms with Gasteiger partial charge in [0.15, 0.2) is 0 Å². The Bertz CT molecular complexity index is 702. The number of aliphatic hydroxyl groups excluding tert-OH is 1. The monoisotopic (exact) mass is 282 g/mol. The summed E-state index contributed by atoms with van der Waals surface area (Å²) in [6.45, 7) is 0.0838. The van der Waals surface area contributed by atoms with Crippen molar-refractivity contribution in [2.45, 2.75) is 6.54 Å². The molecule has 0 aliphatic rings. The fourth-order valence-corrected chi connectivity index (χ4v) is 1.76. The number of amides is 1. The second-order valence-electron chi connectivity index (χ2n) is 4.23. The van der Waals surface area contributed by atoms with Crippen molar-refractivity contribution in [2.75, 3.05) is 6.61 Å². The Hall–Kier alpha value is -2.84. The van der Waals surface area contributed by atoms with Gasteiger partial charge in [-0.15, -0.1) is 0 Å². The fourth-order valence-electron chi connectivity index (χ4n) is 1.76. The van der Waals surface area contributed by atoms with Gasteiger partial charge in [0.05, 0.1) is 11.8 Å². The van der Waals surface area contributed by atoms with Gasteiger partial charge < -0.3 is 15.5 Å². The molecule has 21 heavy (non-hydrogen) atoms. The van der Waals surface area contributed by atoms with Crippen LogP contribution in [-0.4, -0.2) is 27.7 Å². The lowest BCUT2D eigenvalue weighted by atomic mass is 10.1. The van der Waals surface area contributed by atoms with E-state index in [4.69, 9.17) is 5.11 Å². The molecule has 0 aliphatic heterocycles. The molecule has 5 nitrogen and oxygen atoms in total. The molecule has 0 bridgehead atoms. The highest BCUT2D eigenvalue weighted by atomic mass is 16.3. The van der Waals surface area contributed by atoms with Crippen LogP contribution >= 0.6 is 0 Å². The van der Waals surface area contributed by atoms with Gasteiger partial charge in [-0.1, -0.05) is 30.0 Å². The highest BCUT2D eigenvalue weighted by molar-refractivity contribution is 5.94. The van der Waals surface area contributed by atoms with E-state index in [0.29, 0.717) is 6.54 Å². The van der Waals surface area contributed by atoms with Gasteiger partial charge in [-0.25, -0.2) is 0 Å². The minimum absolute atomic E-state index is 0.0585. The first-order valence-corrected chi connectivity index (χ1v) is 6.30. The smallest absolute Gasteiger partial charge is 0.253 e. The lowest BCUT2D eigenvalue weighted by molar-refractivity contribution is 0.0950. The van der Waals surface area contributed by atoms with Crippen molar-refractivity contribution in [3.63, 3.8) is 0 Å². The second kappa shape index (κ2) is 7.08. The Morgan fingerprint density at radius 2 is 2.10 bits per heavy atom. The molecule has 1 heterocycles. The van der Waals surface area contributed by atoms with Crippen molar-refractivity contribution in [1.82, 2.24) is 10.3 Å². The van der Waals surface area contributed by atoms with Crippen molar-refractivity contribution in [3.8, 4) is 17.6 Å². The molecule has 0 spiro atoms. The minimum atomic E-state index is -0.330. The highest BCUT2D eigenvalue weighted by Crippen LogP contribution is 2.10. The zero-order valence-corrected chi connectivity index (χ0v) is 11.2. The number of nitrogens with zero attached hydrogens (tertiary/aromatic N) is 1. The van der Waals surface area contributed by atoms with Crippen LogP contribution in [0.2, 0.25) is 0 Å². The first-order chi connectivity index (χ1) is 10.2. The van der Waals surface area contributed by atoms with Gasteiger partial charge in [0.25, 0.3) is 5.91 Å². The predicted molar refractivity (Wildman–Crippen MR) is 77.5 cm³/mol. The third-order valence-electron chi connectivity index (χ3n) is 2.74. The number of aliphatic hydroxyl groups is 1. The lowest BCUT2D eigenvalue weighted by Gasteiger charge is -2.07. The Morgan fingerprint density at radius 1 is 1.29 bits per heavy atom. The number of aromatic hydroxyl groups is 1. The average molecular weight is 282 g/mol. The first-order valence-electron chi connectivity index (χ1n) is 6.30.